The van der Waals surface area contributed by atoms with Crippen LogP contribution >= 0.6 is 0 Å². The van der Waals surface area contributed by atoms with Gasteiger partial charge >= 0.3 is 5.97 Å². The molecule has 2 aromatic carbocycles. The number of aryl methyl sites for hydroxylation is 1. The van der Waals surface area contributed by atoms with Gasteiger partial charge in [-0.25, -0.2) is 0 Å². The van der Waals surface area contributed by atoms with Crippen LogP contribution in [-0.4, -0.2) is 43.6 Å². The number of methoxy groups -OCH3 is 1. The molecule has 0 aliphatic rings. The minimum atomic E-state index is -0.325. The molecular formula is C22H27NO5. The molecule has 0 spiro atoms. The molecule has 1 amide bonds. The summed E-state index contributed by atoms with van der Waals surface area (Å²) in [7, 11) is 1.60. The van der Waals surface area contributed by atoms with E-state index in [-0.39, 0.29) is 31.4 Å². The first-order valence-electron chi connectivity index (χ1n) is 9.27. The van der Waals surface area contributed by atoms with Crippen molar-refractivity contribution in [2.45, 2.75) is 26.8 Å². The van der Waals surface area contributed by atoms with E-state index in [0.29, 0.717) is 18.9 Å². The smallest absolute Gasteiger partial charge is 0.307 e. The first-order valence-corrected chi connectivity index (χ1v) is 9.27. The predicted molar refractivity (Wildman–Crippen MR) is 106 cm³/mol. The quantitative estimate of drug-likeness (QED) is 0.587. The highest BCUT2D eigenvalue weighted by Crippen LogP contribution is 2.15. The molecule has 0 aliphatic carbocycles. The third-order valence-electron chi connectivity index (χ3n) is 4.16. The summed E-state index contributed by atoms with van der Waals surface area (Å²) in [5, 5.41) is 0. The minimum Gasteiger partial charge on any atom is -0.497 e. The van der Waals surface area contributed by atoms with E-state index in [0.717, 1.165) is 16.9 Å². The van der Waals surface area contributed by atoms with E-state index < -0.39 is 0 Å². The highest BCUT2D eigenvalue weighted by Gasteiger charge is 2.17. The van der Waals surface area contributed by atoms with Crippen LogP contribution < -0.4 is 9.47 Å². The summed E-state index contributed by atoms with van der Waals surface area (Å²) in [6.45, 7) is 4.61. The van der Waals surface area contributed by atoms with Gasteiger partial charge < -0.3 is 19.1 Å². The maximum atomic E-state index is 12.7. The van der Waals surface area contributed by atoms with Crippen LogP contribution in [0.1, 0.15) is 24.5 Å². The van der Waals surface area contributed by atoms with E-state index in [1.54, 1.807) is 18.9 Å². The van der Waals surface area contributed by atoms with Crippen molar-refractivity contribution in [1.82, 2.24) is 4.90 Å². The number of carbonyl (C=O) groups is 2. The van der Waals surface area contributed by atoms with E-state index >= 15 is 0 Å². The fourth-order valence-corrected chi connectivity index (χ4v) is 2.57. The number of amides is 1. The lowest BCUT2D eigenvalue weighted by Crippen LogP contribution is -2.36. The topological polar surface area (TPSA) is 65.1 Å². The van der Waals surface area contributed by atoms with Crippen LogP contribution in [0.2, 0.25) is 0 Å². The fraction of sp³-hybridized carbons (Fsp3) is 0.364. The molecule has 2 aromatic rings. The molecule has 0 N–H and O–H groups in total. The number of hydrogen-bond acceptors (Lipinski definition) is 5. The van der Waals surface area contributed by atoms with Gasteiger partial charge in [0.2, 0.25) is 0 Å². The molecule has 28 heavy (non-hydrogen) atoms. The average molecular weight is 385 g/mol. The van der Waals surface area contributed by atoms with Crippen LogP contribution in [0.15, 0.2) is 48.5 Å². The Morgan fingerprint density at radius 1 is 0.964 bits per heavy atom. The minimum absolute atomic E-state index is 0.0952. The molecule has 0 heterocycles. The van der Waals surface area contributed by atoms with E-state index in [2.05, 4.69) is 0 Å². The first kappa shape index (κ1) is 21.3. The van der Waals surface area contributed by atoms with Gasteiger partial charge in [-0.05, 0) is 43.7 Å². The van der Waals surface area contributed by atoms with Crippen LogP contribution in [0.3, 0.4) is 0 Å². The highest BCUT2D eigenvalue weighted by molar-refractivity contribution is 5.78. The molecule has 6 heteroatoms. The molecule has 0 atom stereocenters. The van der Waals surface area contributed by atoms with Crippen LogP contribution in [0.5, 0.6) is 11.5 Å². The Balaban J connectivity index is 2.00. The summed E-state index contributed by atoms with van der Waals surface area (Å²) in [5.74, 6) is 0.861. The fourth-order valence-electron chi connectivity index (χ4n) is 2.57. The summed E-state index contributed by atoms with van der Waals surface area (Å²) < 4.78 is 15.7. The van der Waals surface area contributed by atoms with E-state index in [1.165, 1.54) is 0 Å². The molecule has 0 bridgehead atoms. The molecule has 0 aromatic heterocycles. The van der Waals surface area contributed by atoms with E-state index in [9.17, 15) is 9.59 Å². The van der Waals surface area contributed by atoms with Gasteiger partial charge in [0.25, 0.3) is 5.91 Å². The van der Waals surface area contributed by atoms with E-state index in [4.69, 9.17) is 14.2 Å². The Labute approximate surface area is 166 Å². The molecule has 0 saturated heterocycles. The third-order valence-corrected chi connectivity index (χ3v) is 4.16. The molecule has 150 valence electrons. The number of rotatable bonds is 10. The number of hydrogen-bond donors (Lipinski definition) is 0. The molecule has 0 radical (unpaired) electrons. The van der Waals surface area contributed by atoms with E-state index in [1.807, 2.05) is 55.5 Å². The summed E-state index contributed by atoms with van der Waals surface area (Å²) in [4.78, 5) is 26.0. The zero-order chi connectivity index (χ0) is 20.4. The Hall–Kier alpha value is -3.02. The van der Waals surface area contributed by atoms with Crippen LogP contribution in [0, 0.1) is 6.92 Å². The molecule has 0 fully saturated rings. The zero-order valence-corrected chi connectivity index (χ0v) is 16.6. The lowest BCUT2D eigenvalue weighted by molar-refractivity contribution is -0.144. The van der Waals surface area contributed by atoms with Gasteiger partial charge in [-0.15, -0.1) is 0 Å². The first-order chi connectivity index (χ1) is 13.5. The number of nitrogens with zero attached hydrogens (tertiary/aromatic N) is 1. The van der Waals surface area contributed by atoms with Crippen LogP contribution in [-0.2, 0) is 20.9 Å². The predicted octanol–water partition coefficient (Wildman–Crippen LogP) is 3.36. The lowest BCUT2D eigenvalue weighted by Gasteiger charge is -2.23. The van der Waals surface area contributed by atoms with Gasteiger partial charge in [0.1, 0.15) is 11.5 Å². The van der Waals surface area contributed by atoms with Crippen molar-refractivity contribution < 1.29 is 23.8 Å². The number of benzene rings is 2. The van der Waals surface area contributed by atoms with Crippen molar-refractivity contribution in [2.24, 2.45) is 0 Å². The second kappa shape index (κ2) is 11.0. The second-order valence-electron chi connectivity index (χ2n) is 6.32. The van der Waals surface area contributed by atoms with Gasteiger partial charge in [0, 0.05) is 13.1 Å². The summed E-state index contributed by atoms with van der Waals surface area (Å²) >= 11 is 0. The molecular weight excluding hydrogens is 358 g/mol. The molecule has 2 rings (SSSR count). The van der Waals surface area contributed by atoms with Gasteiger partial charge in [-0.2, -0.15) is 0 Å². The summed E-state index contributed by atoms with van der Waals surface area (Å²) in [5.41, 5.74) is 2.06. The SMILES string of the molecule is CCOC(=O)CCN(Cc1ccc(OC)cc1)C(=O)COc1ccc(C)cc1. The Kier molecular flexibility index (Phi) is 8.34. The summed E-state index contributed by atoms with van der Waals surface area (Å²) in [6.07, 6.45) is 0.139. The van der Waals surface area contributed by atoms with Gasteiger partial charge in [-0.3, -0.25) is 9.59 Å². The Morgan fingerprint density at radius 3 is 2.21 bits per heavy atom. The molecule has 0 saturated carbocycles. The van der Waals surface area contributed by atoms with Crippen molar-refractivity contribution in [3.63, 3.8) is 0 Å². The van der Waals surface area contributed by atoms with Crippen molar-refractivity contribution in [3.8, 4) is 11.5 Å². The Morgan fingerprint density at radius 2 is 1.61 bits per heavy atom. The molecule has 0 aliphatic heterocycles. The average Bonchev–Trinajstić information content (AvgIpc) is 2.71. The van der Waals surface area contributed by atoms with Crippen molar-refractivity contribution in [2.75, 3.05) is 26.9 Å². The maximum absolute atomic E-state index is 12.7. The van der Waals surface area contributed by atoms with Gasteiger partial charge in [-0.1, -0.05) is 29.8 Å². The Bertz CT molecular complexity index is 756. The van der Waals surface area contributed by atoms with Crippen LogP contribution in [0.4, 0.5) is 0 Å². The largest absolute Gasteiger partial charge is 0.497 e. The second-order valence-corrected chi connectivity index (χ2v) is 6.32. The van der Waals surface area contributed by atoms with Crippen molar-refractivity contribution in [1.29, 1.82) is 0 Å². The number of carbonyl (C=O) groups excluding carboxylic acids is 2. The maximum Gasteiger partial charge on any atom is 0.307 e. The number of esters is 1. The van der Waals surface area contributed by atoms with Gasteiger partial charge in [0.15, 0.2) is 6.61 Å². The van der Waals surface area contributed by atoms with Gasteiger partial charge in [0.05, 0.1) is 20.1 Å². The normalized spacial score (nSPS) is 10.2. The van der Waals surface area contributed by atoms with Crippen molar-refractivity contribution in [3.05, 3.63) is 59.7 Å². The summed E-state index contributed by atoms with van der Waals surface area (Å²) in [6, 6.07) is 15.0. The monoisotopic (exact) mass is 385 g/mol. The van der Waals surface area contributed by atoms with Crippen LogP contribution in [0.25, 0.3) is 0 Å². The molecule has 0 unspecified atom stereocenters. The molecule has 6 nitrogen and oxygen atoms in total. The third kappa shape index (κ3) is 6.95. The lowest BCUT2D eigenvalue weighted by atomic mass is 10.2. The zero-order valence-electron chi connectivity index (χ0n) is 16.6. The standard InChI is InChI=1S/C22H27NO5/c1-4-27-22(25)13-14-23(15-18-7-11-19(26-3)12-8-18)21(24)16-28-20-9-5-17(2)6-10-20/h5-12H,4,13-16H2,1-3H3. The highest BCUT2D eigenvalue weighted by atomic mass is 16.5. The number of ether oxygens (including phenoxy) is 3. The van der Waals surface area contributed by atoms with Crippen molar-refractivity contribution >= 4 is 11.9 Å².